The van der Waals surface area contributed by atoms with Crippen molar-refractivity contribution >= 4 is 45.6 Å². The molecule has 1 heterocycles. The van der Waals surface area contributed by atoms with Crippen LogP contribution in [0.2, 0.25) is 0 Å². The van der Waals surface area contributed by atoms with Gasteiger partial charge in [-0.1, -0.05) is 77.3 Å². The van der Waals surface area contributed by atoms with Crippen molar-refractivity contribution in [2.24, 2.45) is 0 Å². The summed E-state index contributed by atoms with van der Waals surface area (Å²) < 4.78 is -1.54. The van der Waals surface area contributed by atoms with Crippen molar-refractivity contribution in [1.82, 2.24) is 9.97 Å². The Hall–Kier alpha value is -1.22. The SMILES string of the molecule is ClC(Cl)(Cl)c1ncc(-c2cccc3ccccc23)[nH]1. The quantitative estimate of drug-likeness (QED) is 0.625. The van der Waals surface area contributed by atoms with Crippen LogP contribution in [0.1, 0.15) is 5.82 Å². The van der Waals surface area contributed by atoms with E-state index in [1.165, 1.54) is 0 Å². The van der Waals surface area contributed by atoms with Crippen molar-refractivity contribution in [1.29, 1.82) is 0 Å². The van der Waals surface area contributed by atoms with Crippen molar-refractivity contribution in [2.75, 3.05) is 0 Å². The summed E-state index contributed by atoms with van der Waals surface area (Å²) in [5.74, 6) is 0.320. The number of nitrogens with zero attached hydrogens (tertiary/aromatic N) is 1. The number of aromatic amines is 1. The van der Waals surface area contributed by atoms with Crippen LogP contribution in [0.25, 0.3) is 22.0 Å². The summed E-state index contributed by atoms with van der Waals surface area (Å²) in [7, 11) is 0. The van der Waals surface area contributed by atoms with E-state index in [-0.39, 0.29) is 0 Å². The minimum absolute atomic E-state index is 0.320. The van der Waals surface area contributed by atoms with E-state index in [2.05, 4.69) is 28.2 Å². The summed E-state index contributed by atoms with van der Waals surface area (Å²) >= 11 is 17.4. The Bertz CT molecular complexity index is 723. The molecule has 0 amide bonds. The third kappa shape index (κ3) is 2.44. The van der Waals surface area contributed by atoms with E-state index in [0.717, 1.165) is 22.0 Å². The van der Waals surface area contributed by atoms with Crippen LogP contribution in [0.5, 0.6) is 0 Å². The lowest BCUT2D eigenvalue weighted by atomic mass is 10.0. The summed E-state index contributed by atoms with van der Waals surface area (Å²) in [6, 6.07) is 14.2. The normalized spacial score (nSPS) is 11.9. The van der Waals surface area contributed by atoms with Crippen LogP contribution < -0.4 is 0 Å². The zero-order valence-corrected chi connectivity index (χ0v) is 12.0. The number of H-pyrrole nitrogens is 1. The number of benzene rings is 2. The minimum Gasteiger partial charge on any atom is -0.338 e. The molecule has 0 atom stereocenters. The van der Waals surface area contributed by atoms with Gasteiger partial charge < -0.3 is 4.98 Å². The van der Waals surface area contributed by atoms with Gasteiger partial charge in [0.2, 0.25) is 3.79 Å². The molecular weight excluding hydrogens is 303 g/mol. The second-order valence-electron chi connectivity index (χ2n) is 4.17. The predicted octanol–water partition coefficient (Wildman–Crippen LogP) is 5.06. The van der Waals surface area contributed by atoms with Crippen molar-refractivity contribution in [3.05, 3.63) is 54.5 Å². The number of hydrogen-bond acceptors (Lipinski definition) is 1. The summed E-state index contributed by atoms with van der Waals surface area (Å²) in [6.07, 6.45) is 1.68. The summed E-state index contributed by atoms with van der Waals surface area (Å²) in [5, 5.41) is 2.29. The second kappa shape index (κ2) is 4.71. The number of hydrogen-bond donors (Lipinski definition) is 1. The van der Waals surface area contributed by atoms with Crippen LogP contribution in [-0.2, 0) is 3.79 Å². The average molecular weight is 312 g/mol. The number of imidazole rings is 1. The largest absolute Gasteiger partial charge is 0.338 e. The molecule has 0 bridgehead atoms. The predicted molar refractivity (Wildman–Crippen MR) is 80.8 cm³/mol. The fourth-order valence-electron chi connectivity index (χ4n) is 2.06. The van der Waals surface area contributed by atoms with Crippen LogP contribution in [0, 0.1) is 0 Å². The smallest absolute Gasteiger partial charge is 0.248 e. The van der Waals surface area contributed by atoms with Gasteiger partial charge in [-0.2, -0.15) is 0 Å². The van der Waals surface area contributed by atoms with Crippen molar-refractivity contribution in [3.63, 3.8) is 0 Å². The van der Waals surface area contributed by atoms with Gasteiger partial charge in [0.15, 0.2) is 5.82 Å². The van der Waals surface area contributed by atoms with E-state index in [1.807, 2.05) is 24.3 Å². The van der Waals surface area contributed by atoms with Gasteiger partial charge in [0.25, 0.3) is 0 Å². The van der Waals surface area contributed by atoms with Gasteiger partial charge in [-0.15, -0.1) is 0 Å². The van der Waals surface area contributed by atoms with Crippen LogP contribution in [0.3, 0.4) is 0 Å². The Labute approximate surface area is 125 Å². The monoisotopic (exact) mass is 310 g/mol. The fraction of sp³-hybridized carbons (Fsp3) is 0.0714. The maximum atomic E-state index is 5.81. The molecule has 0 aliphatic rings. The Morgan fingerprint density at radius 3 is 2.42 bits per heavy atom. The Morgan fingerprint density at radius 2 is 1.68 bits per heavy atom. The first-order valence-electron chi connectivity index (χ1n) is 5.66. The molecule has 96 valence electrons. The van der Waals surface area contributed by atoms with E-state index in [1.54, 1.807) is 6.20 Å². The highest BCUT2D eigenvalue weighted by molar-refractivity contribution is 6.66. The molecule has 0 aliphatic carbocycles. The van der Waals surface area contributed by atoms with Gasteiger partial charge in [0.1, 0.15) is 0 Å². The molecule has 0 fully saturated rings. The maximum absolute atomic E-state index is 5.81. The van der Waals surface area contributed by atoms with E-state index in [4.69, 9.17) is 34.8 Å². The molecule has 2 nitrogen and oxygen atoms in total. The first-order valence-corrected chi connectivity index (χ1v) is 6.79. The average Bonchev–Trinajstić information content (AvgIpc) is 2.87. The van der Waals surface area contributed by atoms with Crippen LogP contribution >= 0.6 is 34.8 Å². The van der Waals surface area contributed by atoms with Crippen LogP contribution in [0.15, 0.2) is 48.7 Å². The van der Waals surface area contributed by atoms with Gasteiger partial charge in [-0.25, -0.2) is 4.98 Å². The number of halogens is 3. The highest BCUT2D eigenvalue weighted by atomic mass is 35.6. The molecule has 0 spiro atoms. The number of nitrogens with one attached hydrogen (secondary N) is 1. The van der Waals surface area contributed by atoms with Gasteiger partial charge in [0.05, 0.1) is 11.9 Å². The van der Waals surface area contributed by atoms with Gasteiger partial charge >= 0.3 is 0 Å². The first-order chi connectivity index (χ1) is 9.05. The molecule has 3 aromatic rings. The Morgan fingerprint density at radius 1 is 0.947 bits per heavy atom. The molecule has 1 aromatic heterocycles. The highest BCUT2D eigenvalue weighted by Gasteiger charge is 2.26. The van der Waals surface area contributed by atoms with Crippen LogP contribution in [-0.4, -0.2) is 9.97 Å². The lowest BCUT2D eigenvalue weighted by Gasteiger charge is -2.07. The van der Waals surface area contributed by atoms with E-state index >= 15 is 0 Å². The van der Waals surface area contributed by atoms with Crippen LogP contribution in [0.4, 0.5) is 0 Å². The molecule has 0 saturated carbocycles. The van der Waals surface area contributed by atoms with E-state index in [9.17, 15) is 0 Å². The third-order valence-electron chi connectivity index (χ3n) is 2.92. The standard InChI is InChI=1S/C14H9Cl3N2/c15-14(16,17)13-18-8-12(19-13)11-7-3-5-9-4-1-2-6-10(9)11/h1-8H,(H,18,19). The summed E-state index contributed by atoms with van der Waals surface area (Å²) in [5.41, 5.74) is 1.87. The molecule has 5 heteroatoms. The summed E-state index contributed by atoms with van der Waals surface area (Å²) in [4.78, 5) is 7.17. The topological polar surface area (TPSA) is 28.7 Å². The lowest BCUT2D eigenvalue weighted by molar-refractivity contribution is 1.03. The van der Waals surface area contributed by atoms with Crippen molar-refractivity contribution < 1.29 is 0 Å². The lowest BCUT2D eigenvalue weighted by Crippen LogP contribution is -2.02. The molecule has 2 aromatic carbocycles. The second-order valence-corrected chi connectivity index (χ2v) is 6.45. The third-order valence-corrected chi connectivity index (χ3v) is 3.46. The molecular formula is C14H9Cl3N2. The Balaban J connectivity index is 2.17. The number of alkyl halides is 3. The molecule has 3 rings (SSSR count). The molecule has 0 unspecified atom stereocenters. The van der Waals surface area contributed by atoms with Gasteiger partial charge in [0, 0.05) is 5.56 Å². The molecule has 0 radical (unpaired) electrons. The first kappa shape index (κ1) is 12.8. The summed E-state index contributed by atoms with van der Waals surface area (Å²) in [6.45, 7) is 0. The number of fused-ring (bicyclic) bond motifs is 1. The highest BCUT2D eigenvalue weighted by Crippen LogP contribution is 2.37. The fourth-order valence-corrected chi connectivity index (χ4v) is 2.35. The van der Waals surface area contributed by atoms with E-state index < -0.39 is 3.79 Å². The Kier molecular flexibility index (Phi) is 3.17. The van der Waals surface area contributed by atoms with Crippen molar-refractivity contribution in [3.8, 4) is 11.3 Å². The molecule has 1 N–H and O–H groups in total. The molecule has 19 heavy (non-hydrogen) atoms. The van der Waals surface area contributed by atoms with Crippen molar-refractivity contribution in [2.45, 2.75) is 3.79 Å². The maximum Gasteiger partial charge on any atom is 0.248 e. The van der Waals surface area contributed by atoms with Gasteiger partial charge in [-0.05, 0) is 10.8 Å². The number of rotatable bonds is 1. The molecule has 0 aliphatic heterocycles. The molecule has 0 saturated heterocycles. The van der Waals surface area contributed by atoms with E-state index in [0.29, 0.717) is 5.82 Å². The zero-order valence-electron chi connectivity index (χ0n) is 9.70. The zero-order chi connectivity index (χ0) is 13.5. The minimum atomic E-state index is -1.54. The number of aromatic nitrogens is 2. The van der Waals surface area contributed by atoms with Gasteiger partial charge in [-0.3, -0.25) is 0 Å².